The van der Waals surface area contributed by atoms with Crippen molar-refractivity contribution >= 4 is 23.6 Å². The Morgan fingerprint density at radius 3 is 2.78 bits per heavy atom. The van der Waals surface area contributed by atoms with Gasteiger partial charge in [-0.25, -0.2) is 0 Å². The van der Waals surface area contributed by atoms with E-state index in [0.717, 1.165) is 11.3 Å². The average molecular weight is 339 g/mol. The summed E-state index contributed by atoms with van der Waals surface area (Å²) in [6.45, 7) is 0.577. The third-order valence-electron chi connectivity index (χ3n) is 3.79. The van der Waals surface area contributed by atoms with Gasteiger partial charge in [0.25, 0.3) is 0 Å². The van der Waals surface area contributed by atoms with E-state index in [-0.39, 0.29) is 24.8 Å². The Bertz CT molecular complexity index is 578. The van der Waals surface area contributed by atoms with Crippen LogP contribution in [0, 0.1) is 0 Å². The van der Waals surface area contributed by atoms with Crippen LogP contribution >= 0.6 is 11.8 Å². The minimum Gasteiger partial charge on any atom is -0.497 e. The van der Waals surface area contributed by atoms with Crippen LogP contribution < -0.4 is 9.47 Å². The fourth-order valence-corrected chi connectivity index (χ4v) is 3.70. The average Bonchev–Trinajstić information content (AvgIpc) is 2.54. The number of hydrogen-bond acceptors (Lipinski definition) is 5. The maximum atomic E-state index is 12.7. The SMILES string of the molecule is COc1ccc(OC)c(CC(=O)N2CCSCC2CC(=O)O)c1. The Morgan fingerprint density at radius 1 is 1.35 bits per heavy atom. The van der Waals surface area contributed by atoms with Crippen molar-refractivity contribution in [2.75, 3.05) is 32.3 Å². The van der Waals surface area contributed by atoms with Crippen LogP contribution in [0.15, 0.2) is 18.2 Å². The molecule has 23 heavy (non-hydrogen) atoms. The Hall–Kier alpha value is -1.89. The highest BCUT2D eigenvalue weighted by atomic mass is 32.2. The van der Waals surface area contributed by atoms with Gasteiger partial charge >= 0.3 is 5.97 Å². The summed E-state index contributed by atoms with van der Waals surface area (Å²) in [5.41, 5.74) is 0.740. The second-order valence-corrected chi connectivity index (χ2v) is 6.42. The molecule has 7 heteroatoms. The summed E-state index contributed by atoms with van der Waals surface area (Å²) in [7, 11) is 3.12. The smallest absolute Gasteiger partial charge is 0.305 e. The number of methoxy groups -OCH3 is 2. The number of amides is 1. The molecule has 0 aromatic heterocycles. The van der Waals surface area contributed by atoms with E-state index in [4.69, 9.17) is 14.6 Å². The summed E-state index contributed by atoms with van der Waals surface area (Å²) in [4.78, 5) is 25.3. The quantitative estimate of drug-likeness (QED) is 0.849. The van der Waals surface area contributed by atoms with Gasteiger partial charge in [0.05, 0.1) is 33.1 Å². The van der Waals surface area contributed by atoms with Gasteiger partial charge in [0.2, 0.25) is 5.91 Å². The molecule has 1 aromatic rings. The number of carboxylic acid groups (broad SMARTS) is 1. The Balaban J connectivity index is 2.14. The highest BCUT2D eigenvalue weighted by molar-refractivity contribution is 7.99. The lowest BCUT2D eigenvalue weighted by atomic mass is 10.1. The van der Waals surface area contributed by atoms with Crippen LogP contribution in [-0.4, -0.2) is 60.2 Å². The number of rotatable bonds is 6. The zero-order valence-corrected chi connectivity index (χ0v) is 14.1. The zero-order chi connectivity index (χ0) is 16.8. The van der Waals surface area contributed by atoms with Gasteiger partial charge in [-0.15, -0.1) is 0 Å². The first-order valence-electron chi connectivity index (χ1n) is 7.35. The second kappa shape index (κ2) is 8.10. The topological polar surface area (TPSA) is 76.1 Å². The van der Waals surface area contributed by atoms with E-state index in [0.29, 0.717) is 23.8 Å². The van der Waals surface area contributed by atoms with Gasteiger partial charge in [-0.2, -0.15) is 11.8 Å². The van der Waals surface area contributed by atoms with Crippen LogP contribution in [0.3, 0.4) is 0 Å². The first-order chi connectivity index (χ1) is 11.0. The lowest BCUT2D eigenvalue weighted by Gasteiger charge is -2.34. The van der Waals surface area contributed by atoms with E-state index in [1.165, 1.54) is 0 Å². The summed E-state index contributed by atoms with van der Waals surface area (Å²) in [6.07, 6.45) is 0.148. The second-order valence-electron chi connectivity index (χ2n) is 5.27. The standard InChI is InChI=1S/C16H21NO5S/c1-21-13-3-4-14(22-2)11(7-13)8-15(18)17-5-6-23-10-12(17)9-16(19)20/h3-4,7,12H,5-6,8-10H2,1-2H3,(H,19,20). The highest BCUT2D eigenvalue weighted by Gasteiger charge is 2.29. The van der Waals surface area contributed by atoms with Gasteiger partial charge in [0, 0.05) is 23.6 Å². The van der Waals surface area contributed by atoms with Gasteiger partial charge in [-0.05, 0) is 18.2 Å². The van der Waals surface area contributed by atoms with Crippen molar-refractivity contribution in [1.29, 1.82) is 0 Å². The van der Waals surface area contributed by atoms with Gasteiger partial charge in [0.1, 0.15) is 11.5 Å². The van der Waals surface area contributed by atoms with E-state index in [9.17, 15) is 9.59 Å². The Kier molecular flexibility index (Phi) is 6.15. The number of carbonyl (C=O) groups excluding carboxylic acids is 1. The minimum absolute atomic E-state index is 0.0199. The van der Waals surface area contributed by atoms with Gasteiger partial charge in [-0.3, -0.25) is 9.59 Å². The molecule has 1 saturated heterocycles. The molecule has 2 rings (SSSR count). The third kappa shape index (κ3) is 4.54. The molecule has 1 aliphatic heterocycles. The van der Waals surface area contributed by atoms with Crippen molar-refractivity contribution in [1.82, 2.24) is 4.90 Å². The molecule has 0 saturated carbocycles. The molecule has 0 bridgehead atoms. The first-order valence-corrected chi connectivity index (χ1v) is 8.50. The predicted molar refractivity (Wildman–Crippen MR) is 88.3 cm³/mol. The van der Waals surface area contributed by atoms with Crippen LogP contribution in [0.5, 0.6) is 11.5 Å². The molecular formula is C16H21NO5S. The number of carbonyl (C=O) groups is 2. The van der Waals surface area contributed by atoms with Crippen molar-refractivity contribution in [3.05, 3.63) is 23.8 Å². The molecule has 126 valence electrons. The summed E-state index contributed by atoms with van der Waals surface area (Å²) >= 11 is 1.68. The highest BCUT2D eigenvalue weighted by Crippen LogP contribution is 2.26. The summed E-state index contributed by atoms with van der Waals surface area (Å²) in [5.74, 6) is 1.81. The molecule has 1 fully saturated rings. The van der Waals surface area contributed by atoms with Gasteiger partial charge in [-0.1, -0.05) is 0 Å². The normalized spacial score (nSPS) is 17.7. The number of thioether (sulfide) groups is 1. The van der Waals surface area contributed by atoms with Crippen LogP contribution in [0.25, 0.3) is 0 Å². The molecule has 6 nitrogen and oxygen atoms in total. The largest absolute Gasteiger partial charge is 0.497 e. The van der Waals surface area contributed by atoms with Crippen molar-refractivity contribution in [2.24, 2.45) is 0 Å². The molecule has 1 aliphatic rings. The molecule has 0 aliphatic carbocycles. The number of ether oxygens (including phenoxy) is 2. The number of hydrogen-bond donors (Lipinski definition) is 1. The molecule has 1 amide bonds. The maximum Gasteiger partial charge on any atom is 0.305 e. The predicted octanol–water partition coefficient (Wildman–Crippen LogP) is 1.66. The lowest BCUT2D eigenvalue weighted by Crippen LogP contribution is -2.47. The number of carboxylic acids is 1. The third-order valence-corrected chi connectivity index (χ3v) is 4.88. The van der Waals surface area contributed by atoms with Crippen molar-refractivity contribution in [2.45, 2.75) is 18.9 Å². The molecule has 1 aromatic carbocycles. The molecule has 1 heterocycles. The monoisotopic (exact) mass is 339 g/mol. The fraction of sp³-hybridized carbons (Fsp3) is 0.500. The van der Waals surface area contributed by atoms with E-state index in [2.05, 4.69) is 0 Å². The Labute approximate surface area is 139 Å². The summed E-state index contributed by atoms with van der Waals surface area (Å²) in [6, 6.07) is 5.07. The summed E-state index contributed by atoms with van der Waals surface area (Å²) in [5, 5.41) is 9.02. The van der Waals surface area contributed by atoms with Gasteiger partial charge < -0.3 is 19.5 Å². The summed E-state index contributed by atoms with van der Waals surface area (Å²) < 4.78 is 10.5. The van der Waals surface area contributed by atoms with Crippen LogP contribution in [0.1, 0.15) is 12.0 Å². The number of aliphatic carboxylic acids is 1. The number of nitrogens with zero attached hydrogens (tertiary/aromatic N) is 1. The van der Waals surface area contributed by atoms with Gasteiger partial charge in [0.15, 0.2) is 0 Å². The van der Waals surface area contributed by atoms with E-state index in [1.54, 1.807) is 49.1 Å². The van der Waals surface area contributed by atoms with E-state index in [1.807, 2.05) is 0 Å². The van der Waals surface area contributed by atoms with Crippen molar-refractivity contribution in [3.8, 4) is 11.5 Å². The van der Waals surface area contributed by atoms with Crippen LogP contribution in [-0.2, 0) is 16.0 Å². The van der Waals surface area contributed by atoms with Crippen LogP contribution in [0.2, 0.25) is 0 Å². The van der Waals surface area contributed by atoms with E-state index < -0.39 is 5.97 Å². The molecule has 1 N–H and O–H groups in total. The lowest BCUT2D eigenvalue weighted by molar-refractivity contribution is -0.140. The van der Waals surface area contributed by atoms with E-state index >= 15 is 0 Å². The molecule has 0 spiro atoms. The minimum atomic E-state index is -0.880. The van der Waals surface area contributed by atoms with Crippen molar-refractivity contribution < 1.29 is 24.2 Å². The number of benzene rings is 1. The molecule has 1 unspecified atom stereocenters. The molecule has 1 atom stereocenters. The molecule has 0 radical (unpaired) electrons. The maximum absolute atomic E-state index is 12.7. The first kappa shape index (κ1) is 17.5. The van der Waals surface area contributed by atoms with Crippen LogP contribution in [0.4, 0.5) is 0 Å². The molecular weight excluding hydrogens is 318 g/mol. The zero-order valence-electron chi connectivity index (χ0n) is 13.3. The fourth-order valence-electron chi connectivity index (χ4n) is 2.64. The Morgan fingerprint density at radius 2 is 2.13 bits per heavy atom. The van der Waals surface area contributed by atoms with Crippen molar-refractivity contribution in [3.63, 3.8) is 0 Å².